The van der Waals surface area contributed by atoms with Gasteiger partial charge in [-0.1, -0.05) is 12.1 Å². The number of anilines is 3. The molecule has 22 heavy (non-hydrogen) atoms. The molecule has 3 nitrogen and oxygen atoms in total. The van der Waals surface area contributed by atoms with Crippen LogP contribution in [0.2, 0.25) is 0 Å². The highest BCUT2D eigenvalue weighted by Gasteiger charge is 2.03. The molecule has 0 spiro atoms. The molecule has 0 heterocycles. The lowest BCUT2D eigenvalue weighted by Gasteiger charge is -2.21. The Morgan fingerprint density at radius 1 is 0.955 bits per heavy atom. The summed E-state index contributed by atoms with van der Waals surface area (Å²) >= 11 is 5.36. The molecule has 0 aliphatic heterocycles. The number of thiocarbonyl (C=S) groups is 1. The van der Waals surface area contributed by atoms with Crippen LogP contribution in [0.1, 0.15) is 19.4 Å². The molecule has 0 fully saturated rings. The Kier molecular flexibility index (Phi) is 5.78. The van der Waals surface area contributed by atoms with E-state index in [1.54, 1.807) is 0 Å². The second-order valence-corrected chi connectivity index (χ2v) is 5.58. The smallest absolute Gasteiger partial charge is 0.175 e. The molecule has 0 radical (unpaired) electrons. The van der Waals surface area contributed by atoms with Gasteiger partial charge >= 0.3 is 0 Å². The molecule has 4 heteroatoms. The maximum Gasteiger partial charge on any atom is 0.175 e. The highest BCUT2D eigenvalue weighted by molar-refractivity contribution is 7.80. The van der Waals surface area contributed by atoms with Gasteiger partial charge in [-0.15, -0.1) is 0 Å². The third kappa shape index (κ3) is 4.46. The Bertz CT molecular complexity index is 618. The molecule has 0 saturated carbocycles. The fourth-order valence-corrected chi connectivity index (χ4v) is 2.60. The van der Waals surface area contributed by atoms with Crippen LogP contribution < -0.4 is 15.5 Å². The summed E-state index contributed by atoms with van der Waals surface area (Å²) < 4.78 is 0. The molecular weight excluding hydrogens is 290 g/mol. The van der Waals surface area contributed by atoms with Crippen LogP contribution in [0.3, 0.4) is 0 Å². The second-order valence-electron chi connectivity index (χ2n) is 5.17. The van der Waals surface area contributed by atoms with Crippen LogP contribution in [-0.2, 0) is 0 Å². The highest BCUT2D eigenvalue weighted by Crippen LogP contribution is 2.18. The fourth-order valence-electron chi connectivity index (χ4n) is 2.36. The minimum atomic E-state index is 0.598. The zero-order chi connectivity index (χ0) is 15.9. The summed E-state index contributed by atoms with van der Waals surface area (Å²) in [6.07, 6.45) is 0. The maximum absolute atomic E-state index is 5.36. The van der Waals surface area contributed by atoms with E-state index in [4.69, 9.17) is 12.2 Å². The van der Waals surface area contributed by atoms with E-state index in [1.807, 2.05) is 12.1 Å². The van der Waals surface area contributed by atoms with Crippen molar-refractivity contribution >= 4 is 34.4 Å². The van der Waals surface area contributed by atoms with Gasteiger partial charge in [-0.25, -0.2) is 0 Å². The van der Waals surface area contributed by atoms with Crippen molar-refractivity contribution < 1.29 is 0 Å². The van der Waals surface area contributed by atoms with E-state index in [-0.39, 0.29) is 0 Å². The van der Waals surface area contributed by atoms with Gasteiger partial charge in [0.2, 0.25) is 0 Å². The second kappa shape index (κ2) is 7.80. The third-order valence-electron chi connectivity index (χ3n) is 3.53. The summed E-state index contributed by atoms with van der Waals surface area (Å²) in [4.78, 5) is 2.31. The molecular formula is C18H23N3S. The van der Waals surface area contributed by atoms with Crippen LogP contribution in [0.4, 0.5) is 17.1 Å². The summed E-state index contributed by atoms with van der Waals surface area (Å²) in [6.45, 7) is 8.41. The SMILES string of the molecule is CCN(CC)c1ccc(NC(=S)Nc2cccc(C)c2)cc1. The molecule has 0 unspecified atom stereocenters. The molecule has 116 valence electrons. The highest BCUT2D eigenvalue weighted by atomic mass is 32.1. The number of rotatable bonds is 5. The molecule has 2 N–H and O–H groups in total. The lowest BCUT2D eigenvalue weighted by atomic mass is 10.2. The Morgan fingerprint density at radius 2 is 1.59 bits per heavy atom. The first-order valence-corrected chi connectivity index (χ1v) is 8.03. The standard InChI is InChI=1S/C18H23N3S/c1-4-21(5-2)17-11-9-15(10-12-17)19-18(22)20-16-8-6-7-14(3)13-16/h6-13H,4-5H2,1-3H3,(H2,19,20,22). The van der Waals surface area contributed by atoms with Gasteiger partial charge in [-0.3, -0.25) is 0 Å². The summed E-state index contributed by atoms with van der Waals surface area (Å²) in [5.41, 5.74) is 4.42. The minimum Gasteiger partial charge on any atom is -0.372 e. The quantitative estimate of drug-likeness (QED) is 0.786. The van der Waals surface area contributed by atoms with Crippen molar-refractivity contribution in [3.05, 3.63) is 54.1 Å². The van der Waals surface area contributed by atoms with Crippen molar-refractivity contribution in [3.8, 4) is 0 Å². The number of benzene rings is 2. The monoisotopic (exact) mass is 313 g/mol. The van der Waals surface area contributed by atoms with E-state index in [2.05, 4.69) is 72.7 Å². The van der Waals surface area contributed by atoms with Crippen molar-refractivity contribution in [1.29, 1.82) is 0 Å². The van der Waals surface area contributed by atoms with Crippen LogP contribution >= 0.6 is 12.2 Å². The van der Waals surface area contributed by atoms with Gasteiger partial charge < -0.3 is 15.5 Å². The van der Waals surface area contributed by atoms with Crippen LogP contribution in [0.15, 0.2) is 48.5 Å². The molecule has 0 aliphatic carbocycles. The number of aryl methyl sites for hydroxylation is 1. The van der Waals surface area contributed by atoms with Crippen LogP contribution in [0.5, 0.6) is 0 Å². The molecule has 0 aliphatic rings. The Hall–Kier alpha value is -2.07. The average Bonchev–Trinajstić information content (AvgIpc) is 2.50. The minimum absolute atomic E-state index is 0.598. The van der Waals surface area contributed by atoms with Crippen molar-refractivity contribution in [2.24, 2.45) is 0 Å². The van der Waals surface area contributed by atoms with Gasteiger partial charge in [0.25, 0.3) is 0 Å². The molecule has 2 rings (SSSR count). The van der Waals surface area contributed by atoms with Crippen molar-refractivity contribution in [1.82, 2.24) is 0 Å². The third-order valence-corrected chi connectivity index (χ3v) is 3.73. The zero-order valence-electron chi connectivity index (χ0n) is 13.4. The lowest BCUT2D eigenvalue weighted by molar-refractivity contribution is 0.866. The first-order chi connectivity index (χ1) is 10.6. The number of nitrogens with one attached hydrogen (secondary N) is 2. The van der Waals surface area contributed by atoms with Gasteiger partial charge in [0.1, 0.15) is 0 Å². The molecule has 2 aromatic rings. The Morgan fingerprint density at radius 3 is 2.18 bits per heavy atom. The van der Waals surface area contributed by atoms with Gasteiger partial charge in [-0.2, -0.15) is 0 Å². The molecule has 0 amide bonds. The molecule has 0 atom stereocenters. The molecule has 0 saturated heterocycles. The van der Waals surface area contributed by atoms with Gasteiger partial charge in [0, 0.05) is 30.2 Å². The van der Waals surface area contributed by atoms with Crippen molar-refractivity contribution in [2.45, 2.75) is 20.8 Å². The summed E-state index contributed by atoms with van der Waals surface area (Å²) in [7, 11) is 0. The van der Waals surface area contributed by atoms with Gasteiger partial charge in [-0.05, 0) is 75.0 Å². The first kappa shape index (κ1) is 16.3. The average molecular weight is 313 g/mol. The predicted octanol–water partition coefficient (Wildman–Crippen LogP) is 4.65. The topological polar surface area (TPSA) is 27.3 Å². The molecule has 2 aromatic carbocycles. The van der Waals surface area contributed by atoms with Crippen LogP contribution in [0.25, 0.3) is 0 Å². The van der Waals surface area contributed by atoms with E-state index in [0.717, 1.165) is 24.5 Å². The predicted molar refractivity (Wildman–Crippen MR) is 101 cm³/mol. The van der Waals surface area contributed by atoms with E-state index < -0.39 is 0 Å². The normalized spacial score (nSPS) is 10.1. The van der Waals surface area contributed by atoms with E-state index >= 15 is 0 Å². The molecule has 0 aromatic heterocycles. The summed E-state index contributed by atoms with van der Waals surface area (Å²) in [6, 6.07) is 16.5. The van der Waals surface area contributed by atoms with E-state index in [9.17, 15) is 0 Å². The van der Waals surface area contributed by atoms with Crippen LogP contribution in [0, 0.1) is 6.92 Å². The zero-order valence-corrected chi connectivity index (χ0v) is 14.2. The van der Waals surface area contributed by atoms with Gasteiger partial charge in [0.15, 0.2) is 5.11 Å². The van der Waals surface area contributed by atoms with E-state index in [1.165, 1.54) is 11.3 Å². The first-order valence-electron chi connectivity index (χ1n) is 7.62. The largest absolute Gasteiger partial charge is 0.372 e. The Balaban J connectivity index is 1.97. The number of hydrogen-bond acceptors (Lipinski definition) is 2. The lowest BCUT2D eigenvalue weighted by Crippen LogP contribution is -2.22. The fraction of sp³-hybridized carbons (Fsp3) is 0.278. The van der Waals surface area contributed by atoms with Gasteiger partial charge in [0.05, 0.1) is 0 Å². The van der Waals surface area contributed by atoms with Crippen LogP contribution in [-0.4, -0.2) is 18.2 Å². The van der Waals surface area contributed by atoms with Crippen molar-refractivity contribution in [3.63, 3.8) is 0 Å². The summed E-state index contributed by atoms with van der Waals surface area (Å²) in [5.74, 6) is 0. The molecule has 0 bridgehead atoms. The number of hydrogen-bond donors (Lipinski definition) is 2. The Labute approximate surface area is 138 Å². The van der Waals surface area contributed by atoms with Crippen molar-refractivity contribution in [2.75, 3.05) is 28.6 Å². The number of nitrogens with zero attached hydrogens (tertiary/aromatic N) is 1. The summed E-state index contributed by atoms with van der Waals surface area (Å²) in [5, 5.41) is 7.01. The van der Waals surface area contributed by atoms with E-state index in [0.29, 0.717) is 5.11 Å². The maximum atomic E-state index is 5.36.